The van der Waals surface area contributed by atoms with Crippen LogP contribution in [-0.2, 0) is 0 Å². The Hall–Kier alpha value is -0.290. The van der Waals surface area contributed by atoms with Gasteiger partial charge in [-0.25, -0.2) is 8.78 Å². The molecule has 0 aliphatic heterocycles. The lowest BCUT2D eigenvalue weighted by atomic mass is 10.3. The van der Waals surface area contributed by atoms with Gasteiger partial charge >= 0.3 is 0 Å². The van der Waals surface area contributed by atoms with Crippen LogP contribution >= 0.6 is 38.5 Å². The van der Waals surface area contributed by atoms with Gasteiger partial charge in [-0.15, -0.1) is 0 Å². The van der Waals surface area contributed by atoms with Crippen LogP contribution in [-0.4, -0.2) is 4.98 Å². The van der Waals surface area contributed by atoms with Gasteiger partial charge in [0.05, 0.1) is 13.6 Å². The SMILES string of the molecule is N#Cc1cnc(C(F)F)c(I)c1Br. The molecule has 0 N–H and O–H groups in total. The molecule has 0 aliphatic carbocycles. The van der Waals surface area contributed by atoms with Crippen LogP contribution in [0.15, 0.2) is 10.7 Å². The Kier molecular flexibility index (Phi) is 3.55. The minimum atomic E-state index is -2.61. The second kappa shape index (κ2) is 4.28. The molecule has 0 fully saturated rings. The summed E-state index contributed by atoms with van der Waals surface area (Å²) < 4.78 is 25.2. The minimum Gasteiger partial charge on any atom is -0.253 e. The van der Waals surface area contributed by atoms with Crippen molar-refractivity contribution < 1.29 is 8.78 Å². The zero-order chi connectivity index (χ0) is 10.0. The summed E-state index contributed by atoms with van der Waals surface area (Å²) in [4.78, 5) is 3.50. The molecule has 1 heterocycles. The molecule has 1 aromatic rings. The van der Waals surface area contributed by atoms with Gasteiger partial charge in [-0.3, -0.25) is 4.98 Å². The first kappa shape index (κ1) is 10.8. The third-order valence-corrected chi connectivity index (χ3v) is 3.97. The molecule has 6 heteroatoms. The molecular weight excluding hydrogens is 357 g/mol. The molecule has 0 unspecified atom stereocenters. The van der Waals surface area contributed by atoms with Crippen LogP contribution in [0.25, 0.3) is 0 Å². The van der Waals surface area contributed by atoms with E-state index in [1.165, 1.54) is 0 Å². The quantitative estimate of drug-likeness (QED) is 0.722. The highest BCUT2D eigenvalue weighted by atomic mass is 127. The van der Waals surface area contributed by atoms with Crippen LogP contribution in [0.3, 0.4) is 0 Å². The van der Waals surface area contributed by atoms with Gasteiger partial charge in [-0.1, -0.05) is 0 Å². The molecule has 0 saturated heterocycles. The highest BCUT2D eigenvalue weighted by molar-refractivity contribution is 14.1. The molecule has 0 spiro atoms. The number of halogens is 4. The van der Waals surface area contributed by atoms with E-state index in [0.717, 1.165) is 6.20 Å². The highest BCUT2D eigenvalue weighted by Gasteiger charge is 2.17. The monoisotopic (exact) mass is 358 g/mol. The summed E-state index contributed by atoms with van der Waals surface area (Å²) in [6.45, 7) is 0. The van der Waals surface area contributed by atoms with Gasteiger partial charge in [0.25, 0.3) is 6.43 Å². The molecule has 0 radical (unpaired) electrons. The molecule has 0 amide bonds. The normalized spacial score (nSPS) is 10.2. The van der Waals surface area contributed by atoms with Gasteiger partial charge in [-0.05, 0) is 38.5 Å². The third-order valence-electron chi connectivity index (χ3n) is 1.31. The van der Waals surface area contributed by atoms with E-state index in [1.807, 2.05) is 6.07 Å². The smallest absolute Gasteiger partial charge is 0.253 e. The van der Waals surface area contributed by atoms with Crippen LogP contribution in [0.4, 0.5) is 8.78 Å². The lowest BCUT2D eigenvalue weighted by Gasteiger charge is -2.04. The van der Waals surface area contributed by atoms with E-state index in [-0.39, 0.29) is 14.8 Å². The maximum Gasteiger partial charge on any atom is 0.281 e. The molecule has 2 nitrogen and oxygen atoms in total. The van der Waals surface area contributed by atoms with Crippen molar-refractivity contribution in [2.45, 2.75) is 6.43 Å². The number of nitrogens with zero attached hydrogens (tertiary/aromatic N) is 2. The van der Waals surface area contributed by atoms with Crippen molar-refractivity contribution >= 4 is 38.5 Å². The molecule has 0 aliphatic rings. The third kappa shape index (κ3) is 2.14. The first-order valence-electron chi connectivity index (χ1n) is 3.10. The number of hydrogen-bond donors (Lipinski definition) is 0. The molecular formula is C7H2BrF2IN2. The Morgan fingerprint density at radius 2 is 2.23 bits per heavy atom. The van der Waals surface area contributed by atoms with Crippen LogP contribution < -0.4 is 0 Å². The summed E-state index contributed by atoms with van der Waals surface area (Å²) in [5, 5.41) is 8.56. The van der Waals surface area contributed by atoms with Crippen molar-refractivity contribution in [1.29, 1.82) is 5.26 Å². The predicted molar refractivity (Wildman–Crippen MR) is 54.3 cm³/mol. The van der Waals surface area contributed by atoms with Gasteiger partial charge in [-0.2, -0.15) is 5.26 Å². The van der Waals surface area contributed by atoms with Crippen LogP contribution in [0.2, 0.25) is 0 Å². The molecule has 1 aromatic heterocycles. The van der Waals surface area contributed by atoms with E-state index >= 15 is 0 Å². The lowest BCUT2D eigenvalue weighted by Crippen LogP contribution is -1.97. The van der Waals surface area contributed by atoms with Gasteiger partial charge in [0.1, 0.15) is 11.8 Å². The fraction of sp³-hybridized carbons (Fsp3) is 0.143. The average molecular weight is 359 g/mol. The second-order valence-corrected chi connectivity index (χ2v) is 3.97. The number of alkyl halides is 2. The van der Waals surface area contributed by atoms with E-state index in [0.29, 0.717) is 4.47 Å². The Balaban J connectivity index is 3.33. The first-order chi connectivity index (χ1) is 6.07. The van der Waals surface area contributed by atoms with Crippen molar-refractivity contribution in [3.63, 3.8) is 0 Å². The van der Waals surface area contributed by atoms with Crippen LogP contribution in [0.5, 0.6) is 0 Å². The summed E-state index contributed by atoms with van der Waals surface area (Å²) in [6, 6.07) is 1.84. The van der Waals surface area contributed by atoms with Crippen LogP contribution in [0.1, 0.15) is 17.7 Å². The van der Waals surface area contributed by atoms with Crippen molar-refractivity contribution in [3.05, 3.63) is 25.5 Å². The molecule has 0 saturated carbocycles. The minimum absolute atomic E-state index is 0.258. The maximum atomic E-state index is 12.3. The van der Waals surface area contributed by atoms with Gasteiger partial charge < -0.3 is 0 Å². The van der Waals surface area contributed by atoms with E-state index < -0.39 is 6.43 Å². The Morgan fingerprint density at radius 3 is 2.69 bits per heavy atom. The summed E-state index contributed by atoms with van der Waals surface area (Å²) in [7, 11) is 0. The maximum absolute atomic E-state index is 12.3. The summed E-state index contributed by atoms with van der Waals surface area (Å²) in [6.07, 6.45) is -1.48. The molecule has 68 valence electrons. The van der Waals surface area contributed by atoms with Crippen molar-refractivity contribution in [2.75, 3.05) is 0 Å². The molecule has 1 rings (SSSR count). The number of rotatable bonds is 1. The highest BCUT2D eigenvalue weighted by Crippen LogP contribution is 2.29. The fourth-order valence-electron chi connectivity index (χ4n) is 0.708. The Morgan fingerprint density at radius 1 is 1.62 bits per heavy atom. The summed E-state index contributed by atoms with van der Waals surface area (Å²) in [5.41, 5.74) is -0.0414. The summed E-state index contributed by atoms with van der Waals surface area (Å²) in [5.74, 6) is 0. The first-order valence-corrected chi connectivity index (χ1v) is 4.97. The van der Waals surface area contributed by atoms with E-state index in [9.17, 15) is 8.78 Å². The van der Waals surface area contributed by atoms with Crippen LogP contribution in [0, 0.1) is 14.9 Å². The average Bonchev–Trinajstić information content (AvgIpc) is 2.09. The van der Waals surface area contributed by atoms with E-state index in [4.69, 9.17) is 5.26 Å². The standard InChI is InChI=1S/C7H2BrF2IN2/c8-4-3(1-12)2-13-6(5(4)11)7(9)10/h2,7H. The lowest BCUT2D eigenvalue weighted by molar-refractivity contribution is 0.145. The number of aromatic nitrogens is 1. The van der Waals surface area contributed by atoms with Crippen molar-refractivity contribution in [3.8, 4) is 6.07 Å². The zero-order valence-corrected chi connectivity index (χ0v) is 9.80. The number of nitriles is 1. The Labute approximate surface area is 95.2 Å². The molecule has 0 atom stereocenters. The van der Waals surface area contributed by atoms with Gasteiger partial charge in [0.15, 0.2) is 0 Å². The second-order valence-electron chi connectivity index (χ2n) is 2.10. The number of pyridine rings is 1. The van der Waals surface area contributed by atoms with E-state index in [2.05, 4.69) is 20.9 Å². The topological polar surface area (TPSA) is 36.7 Å². The fourth-order valence-corrected chi connectivity index (χ4v) is 1.77. The van der Waals surface area contributed by atoms with Crippen molar-refractivity contribution in [2.24, 2.45) is 0 Å². The zero-order valence-electron chi connectivity index (χ0n) is 6.06. The summed E-state index contributed by atoms with van der Waals surface area (Å²) >= 11 is 4.78. The largest absolute Gasteiger partial charge is 0.281 e. The predicted octanol–water partition coefficient (Wildman–Crippen LogP) is 3.26. The Bertz CT molecular complexity index is 375. The molecule has 0 bridgehead atoms. The van der Waals surface area contributed by atoms with Crippen molar-refractivity contribution in [1.82, 2.24) is 4.98 Å². The molecule has 13 heavy (non-hydrogen) atoms. The van der Waals surface area contributed by atoms with Gasteiger partial charge in [0, 0.05) is 6.20 Å². The number of hydrogen-bond acceptors (Lipinski definition) is 2. The van der Waals surface area contributed by atoms with Gasteiger partial charge in [0.2, 0.25) is 0 Å². The molecule has 0 aromatic carbocycles. The van der Waals surface area contributed by atoms with E-state index in [1.54, 1.807) is 22.6 Å².